The van der Waals surface area contributed by atoms with Crippen LogP contribution < -0.4 is 14.8 Å². The number of carbonyl (C=O) groups excluding carboxylic acids is 1. The highest BCUT2D eigenvalue weighted by molar-refractivity contribution is 5.79. The van der Waals surface area contributed by atoms with Gasteiger partial charge in [-0.3, -0.25) is 9.48 Å². The third kappa shape index (κ3) is 2.41. The molecule has 6 nitrogen and oxygen atoms in total. The number of ether oxygens (including phenoxy) is 2. The summed E-state index contributed by atoms with van der Waals surface area (Å²) in [6.07, 6.45) is 3.39. The van der Waals surface area contributed by atoms with E-state index in [1.165, 1.54) is 0 Å². The first-order valence-corrected chi connectivity index (χ1v) is 7.46. The quantitative estimate of drug-likeness (QED) is 0.932. The summed E-state index contributed by atoms with van der Waals surface area (Å²) in [5, 5.41) is 7.25. The van der Waals surface area contributed by atoms with Gasteiger partial charge in [0.15, 0.2) is 11.5 Å². The van der Waals surface area contributed by atoms with Gasteiger partial charge in [-0.05, 0) is 30.2 Å². The standard InChI is InChI=1S/C16H17N3O3/c20-16(12-4-6-19-13(8-12)3-5-18-19)17-9-11-1-2-14-15(7-11)22-10-21-14/h1-3,5,7,12H,4,6,8-10H2,(H,17,20). The largest absolute Gasteiger partial charge is 0.454 e. The molecule has 114 valence electrons. The van der Waals surface area contributed by atoms with E-state index in [0.717, 1.165) is 42.1 Å². The van der Waals surface area contributed by atoms with Crippen molar-refractivity contribution in [2.24, 2.45) is 5.92 Å². The first-order valence-electron chi connectivity index (χ1n) is 7.46. The highest BCUT2D eigenvalue weighted by Crippen LogP contribution is 2.32. The van der Waals surface area contributed by atoms with Crippen molar-refractivity contribution in [3.05, 3.63) is 41.7 Å². The number of aryl methyl sites for hydroxylation is 1. The van der Waals surface area contributed by atoms with Crippen LogP contribution in [0.4, 0.5) is 0 Å². The Labute approximate surface area is 128 Å². The average molecular weight is 299 g/mol. The molecule has 22 heavy (non-hydrogen) atoms. The summed E-state index contributed by atoms with van der Waals surface area (Å²) in [5.41, 5.74) is 2.15. The number of aromatic nitrogens is 2. The Morgan fingerprint density at radius 2 is 2.23 bits per heavy atom. The normalized spacial score (nSPS) is 18.8. The fourth-order valence-electron chi connectivity index (χ4n) is 2.98. The summed E-state index contributed by atoms with van der Waals surface area (Å²) in [5.74, 6) is 1.63. The van der Waals surface area contributed by atoms with Gasteiger partial charge >= 0.3 is 0 Å². The van der Waals surface area contributed by atoms with Crippen LogP contribution in [0.3, 0.4) is 0 Å². The molecule has 2 aliphatic rings. The molecule has 0 bridgehead atoms. The van der Waals surface area contributed by atoms with Crippen molar-refractivity contribution in [1.29, 1.82) is 0 Å². The fourth-order valence-corrected chi connectivity index (χ4v) is 2.98. The summed E-state index contributed by atoms with van der Waals surface area (Å²) in [6, 6.07) is 7.72. The summed E-state index contributed by atoms with van der Waals surface area (Å²) < 4.78 is 12.6. The smallest absolute Gasteiger partial charge is 0.231 e. The van der Waals surface area contributed by atoms with E-state index < -0.39 is 0 Å². The first kappa shape index (κ1) is 13.2. The molecule has 1 N–H and O–H groups in total. The molecule has 1 unspecified atom stereocenters. The Bertz CT molecular complexity index is 710. The molecular formula is C16H17N3O3. The van der Waals surface area contributed by atoms with Crippen molar-refractivity contribution in [2.45, 2.75) is 25.9 Å². The lowest BCUT2D eigenvalue weighted by atomic mass is 9.95. The van der Waals surface area contributed by atoms with Crippen LogP contribution in [-0.4, -0.2) is 22.5 Å². The third-order valence-corrected chi connectivity index (χ3v) is 4.22. The fraction of sp³-hybridized carbons (Fsp3) is 0.375. The van der Waals surface area contributed by atoms with Crippen molar-refractivity contribution < 1.29 is 14.3 Å². The summed E-state index contributed by atoms with van der Waals surface area (Å²) in [6.45, 7) is 1.58. The topological polar surface area (TPSA) is 65.4 Å². The van der Waals surface area contributed by atoms with Gasteiger partial charge < -0.3 is 14.8 Å². The second kappa shape index (κ2) is 5.36. The summed E-state index contributed by atoms with van der Waals surface area (Å²) >= 11 is 0. The number of rotatable bonds is 3. The van der Waals surface area contributed by atoms with Gasteiger partial charge in [0.05, 0.1) is 0 Å². The highest BCUT2D eigenvalue weighted by Gasteiger charge is 2.24. The van der Waals surface area contributed by atoms with Crippen molar-refractivity contribution in [3.63, 3.8) is 0 Å². The first-order chi connectivity index (χ1) is 10.8. The maximum atomic E-state index is 12.3. The molecule has 0 fully saturated rings. The lowest BCUT2D eigenvalue weighted by molar-refractivity contribution is -0.125. The molecule has 0 aliphatic carbocycles. The molecule has 4 rings (SSSR count). The number of hydrogen-bond donors (Lipinski definition) is 1. The van der Waals surface area contributed by atoms with Gasteiger partial charge in [0.25, 0.3) is 0 Å². The number of carbonyl (C=O) groups is 1. The maximum Gasteiger partial charge on any atom is 0.231 e. The number of hydrogen-bond acceptors (Lipinski definition) is 4. The molecule has 1 amide bonds. The van der Waals surface area contributed by atoms with Crippen LogP contribution in [0.2, 0.25) is 0 Å². The predicted molar refractivity (Wildman–Crippen MR) is 78.4 cm³/mol. The predicted octanol–water partition coefficient (Wildman–Crippen LogP) is 1.49. The van der Waals surface area contributed by atoms with Crippen molar-refractivity contribution >= 4 is 5.91 Å². The van der Waals surface area contributed by atoms with Gasteiger partial charge in [-0.2, -0.15) is 5.10 Å². The number of benzene rings is 1. The minimum atomic E-state index is 0.0261. The second-order valence-electron chi connectivity index (χ2n) is 5.64. The van der Waals surface area contributed by atoms with E-state index in [4.69, 9.17) is 9.47 Å². The zero-order chi connectivity index (χ0) is 14.9. The summed E-state index contributed by atoms with van der Waals surface area (Å²) in [7, 11) is 0. The molecule has 1 aromatic heterocycles. The van der Waals surface area contributed by atoms with E-state index >= 15 is 0 Å². The number of nitrogens with zero attached hydrogens (tertiary/aromatic N) is 2. The van der Waals surface area contributed by atoms with Gasteiger partial charge in [-0.1, -0.05) is 6.07 Å². The zero-order valence-electron chi connectivity index (χ0n) is 12.1. The molecule has 2 aliphatic heterocycles. The van der Waals surface area contributed by atoms with Crippen molar-refractivity contribution in [2.75, 3.05) is 6.79 Å². The molecule has 6 heteroatoms. The van der Waals surface area contributed by atoms with Crippen LogP contribution in [-0.2, 0) is 24.3 Å². The number of fused-ring (bicyclic) bond motifs is 2. The van der Waals surface area contributed by atoms with E-state index in [1.807, 2.05) is 28.9 Å². The Hall–Kier alpha value is -2.50. The molecule has 0 saturated heterocycles. The molecule has 1 atom stereocenters. The van der Waals surface area contributed by atoms with Crippen LogP contribution in [0.1, 0.15) is 17.7 Å². The van der Waals surface area contributed by atoms with E-state index in [-0.39, 0.29) is 18.6 Å². The Morgan fingerprint density at radius 1 is 1.32 bits per heavy atom. The van der Waals surface area contributed by atoms with Gasteiger partial charge in [-0.15, -0.1) is 0 Å². The second-order valence-corrected chi connectivity index (χ2v) is 5.64. The molecule has 0 spiro atoms. The van der Waals surface area contributed by atoms with Crippen LogP contribution >= 0.6 is 0 Å². The van der Waals surface area contributed by atoms with Crippen LogP contribution in [0.15, 0.2) is 30.5 Å². The highest BCUT2D eigenvalue weighted by atomic mass is 16.7. The van der Waals surface area contributed by atoms with Crippen LogP contribution in [0.25, 0.3) is 0 Å². The molecule has 0 radical (unpaired) electrons. The monoisotopic (exact) mass is 299 g/mol. The SMILES string of the molecule is O=C(NCc1ccc2c(c1)OCO2)C1CCn2nccc2C1. The number of nitrogens with one attached hydrogen (secondary N) is 1. The van der Waals surface area contributed by atoms with Gasteiger partial charge in [0.1, 0.15) is 0 Å². The Balaban J connectivity index is 1.37. The number of amides is 1. The summed E-state index contributed by atoms with van der Waals surface area (Å²) in [4.78, 5) is 12.3. The van der Waals surface area contributed by atoms with E-state index in [9.17, 15) is 4.79 Å². The third-order valence-electron chi connectivity index (χ3n) is 4.22. The van der Waals surface area contributed by atoms with E-state index in [2.05, 4.69) is 10.4 Å². The molecular weight excluding hydrogens is 282 g/mol. The minimum Gasteiger partial charge on any atom is -0.454 e. The van der Waals surface area contributed by atoms with Gasteiger partial charge in [-0.25, -0.2) is 0 Å². The van der Waals surface area contributed by atoms with Crippen LogP contribution in [0, 0.1) is 5.92 Å². The van der Waals surface area contributed by atoms with Gasteiger partial charge in [0, 0.05) is 37.3 Å². The van der Waals surface area contributed by atoms with Crippen molar-refractivity contribution in [1.82, 2.24) is 15.1 Å². The molecule has 1 aromatic carbocycles. The van der Waals surface area contributed by atoms with E-state index in [0.29, 0.717) is 6.54 Å². The average Bonchev–Trinajstić information content (AvgIpc) is 3.19. The lowest BCUT2D eigenvalue weighted by Gasteiger charge is -2.22. The Morgan fingerprint density at radius 3 is 3.18 bits per heavy atom. The minimum absolute atomic E-state index is 0.0261. The maximum absolute atomic E-state index is 12.3. The van der Waals surface area contributed by atoms with E-state index in [1.54, 1.807) is 6.20 Å². The Kier molecular flexibility index (Phi) is 3.21. The zero-order valence-corrected chi connectivity index (χ0v) is 12.1. The van der Waals surface area contributed by atoms with Gasteiger partial charge in [0.2, 0.25) is 12.7 Å². The lowest BCUT2D eigenvalue weighted by Crippen LogP contribution is -2.35. The van der Waals surface area contributed by atoms with Crippen LogP contribution in [0.5, 0.6) is 11.5 Å². The molecule has 3 heterocycles. The molecule has 2 aromatic rings. The molecule has 0 saturated carbocycles. The van der Waals surface area contributed by atoms with Crippen molar-refractivity contribution in [3.8, 4) is 11.5 Å².